The molecule has 0 heterocycles. The minimum Gasteiger partial charge on any atom is -0.356 e. The molecule has 2 amide bonds. The smallest absolute Gasteiger partial charge is 0.223 e. The van der Waals surface area contributed by atoms with Gasteiger partial charge in [-0.3, -0.25) is 9.59 Å². The summed E-state index contributed by atoms with van der Waals surface area (Å²) in [6.45, 7) is 1.99. The zero-order valence-corrected chi connectivity index (χ0v) is 15.8. The van der Waals surface area contributed by atoms with E-state index in [0.717, 1.165) is 5.56 Å². The SMILES string of the molecule is CC(=O)N(CCC(=O)NCCc1ccc(F)cc1)c1c(Cl)cccc1Cl. The summed E-state index contributed by atoms with van der Waals surface area (Å²) >= 11 is 12.3. The Morgan fingerprint density at radius 1 is 1.08 bits per heavy atom. The molecule has 0 fully saturated rings. The summed E-state index contributed by atoms with van der Waals surface area (Å²) in [5, 5.41) is 3.49. The first kappa shape index (κ1) is 20.2. The monoisotopic (exact) mass is 396 g/mol. The van der Waals surface area contributed by atoms with Crippen LogP contribution in [0.2, 0.25) is 10.0 Å². The Hall–Kier alpha value is -2.11. The van der Waals surface area contributed by atoms with E-state index in [9.17, 15) is 14.0 Å². The van der Waals surface area contributed by atoms with Gasteiger partial charge in [-0.15, -0.1) is 0 Å². The molecule has 1 N–H and O–H groups in total. The molecule has 0 bridgehead atoms. The number of rotatable bonds is 7. The molecule has 138 valence electrons. The van der Waals surface area contributed by atoms with Crippen LogP contribution in [-0.2, 0) is 16.0 Å². The molecular weight excluding hydrogens is 378 g/mol. The van der Waals surface area contributed by atoms with E-state index >= 15 is 0 Å². The average molecular weight is 397 g/mol. The molecule has 0 saturated heterocycles. The van der Waals surface area contributed by atoms with Gasteiger partial charge in [0.2, 0.25) is 11.8 Å². The number of hydrogen-bond donors (Lipinski definition) is 1. The van der Waals surface area contributed by atoms with Gasteiger partial charge in [-0.25, -0.2) is 4.39 Å². The molecule has 7 heteroatoms. The molecule has 0 aliphatic rings. The van der Waals surface area contributed by atoms with Crippen LogP contribution in [-0.4, -0.2) is 24.9 Å². The van der Waals surface area contributed by atoms with Gasteiger partial charge in [0, 0.05) is 26.4 Å². The van der Waals surface area contributed by atoms with E-state index in [1.54, 1.807) is 30.3 Å². The van der Waals surface area contributed by atoms with E-state index in [-0.39, 0.29) is 30.6 Å². The summed E-state index contributed by atoms with van der Waals surface area (Å²) in [6, 6.07) is 11.1. The van der Waals surface area contributed by atoms with Crippen LogP contribution < -0.4 is 10.2 Å². The van der Waals surface area contributed by atoms with Gasteiger partial charge in [-0.1, -0.05) is 41.4 Å². The van der Waals surface area contributed by atoms with Crippen LogP contribution in [0.25, 0.3) is 0 Å². The maximum absolute atomic E-state index is 12.9. The van der Waals surface area contributed by atoms with Gasteiger partial charge in [-0.2, -0.15) is 0 Å². The van der Waals surface area contributed by atoms with Crippen LogP contribution >= 0.6 is 23.2 Å². The number of anilines is 1. The highest BCUT2D eigenvalue weighted by molar-refractivity contribution is 6.39. The molecule has 0 aliphatic carbocycles. The van der Waals surface area contributed by atoms with E-state index in [1.165, 1.54) is 24.0 Å². The van der Waals surface area contributed by atoms with E-state index in [4.69, 9.17) is 23.2 Å². The fourth-order valence-electron chi connectivity index (χ4n) is 2.47. The molecule has 0 atom stereocenters. The second kappa shape index (κ2) is 9.55. The molecular formula is C19H19Cl2FN2O2. The van der Waals surface area contributed by atoms with E-state index < -0.39 is 0 Å². The average Bonchev–Trinajstić information content (AvgIpc) is 2.59. The zero-order valence-electron chi connectivity index (χ0n) is 14.3. The molecule has 0 aromatic heterocycles. The molecule has 4 nitrogen and oxygen atoms in total. The molecule has 0 aliphatic heterocycles. The molecule has 2 rings (SSSR count). The van der Waals surface area contributed by atoms with Gasteiger partial charge < -0.3 is 10.2 Å². The standard InChI is InChI=1S/C19H19Cl2FN2O2/c1-13(25)24(19-16(20)3-2-4-17(19)21)12-10-18(26)23-11-9-14-5-7-15(22)8-6-14/h2-8H,9-12H2,1H3,(H,23,26). The third-order valence-electron chi connectivity index (χ3n) is 3.80. The lowest BCUT2D eigenvalue weighted by molar-refractivity contribution is -0.121. The zero-order chi connectivity index (χ0) is 19.1. The van der Waals surface area contributed by atoms with Crippen LogP contribution in [0.4, 0.5) is 10.1 Å². The van der Waals surface area contributed by atoms with Crippen molar-refractivity contribution in [3.05, 3.63) is 63.9 Å². The van der Waals surface area contributed by atoms with Crippen LogP contribution in [0, 0.1) is 5.82 Å². The lowest BCUT2D eigenvalue weighted by atomic mass is 10.1. The third-order valence-corrected chi connectivity index (χ3v) is 4.41. The van der Waals surface area contributed by atoms with Crippen molar-refractivity contribution in [2.24, 2.45) is 0 Å². The summed E-state index contributed by atoms with van der Waals surface area (Å²) in [7, 11) is 0. The topological polar surface area (TPSA) is 49.4 Å². The Bertz CT molecular complexity index is 761. The highest BCUT2D eigenvalue weighted by Gasteiger charge is 2.19. The minimum atomic E-state index is -0.291. The summed E-state index contributed by atoms with van der Waals surface area (Å²) in [6.07, 6.45) is 0.712. The van der Waals surface area contributed by atoms with Crippen LogP contribution in [0.3, 0.4) is 0 Å². The number of hydrogen-bond acceptors (Lipinski definition) is 2. The number of benzene rings is 2. The van der Waals surface area contributed by atoms with Gasteiger partial charge in [0.1, 0.15) is 5.82 Å². The quantitative estimate of drug-likeness (QED) is 0.760. The lowest BCUT2D eigenvalue weighted by Gasteiger charge is -2.23. The summed E-state index contributed by atoms with van der Waals surface area (Å²) < 4.78 is 12.9. The second-order valence-electron chi connectivity index (χ2n) is 5.72. The Labute approximate surface area is 161 Å². The van der Waals surface area contributed by atoms with Gasteiger partial charge in [-0.05, 0) is 36.2 Å². The highest BCUT2D eigenvalue weighted by atomic mass is 35.5. The number of halogens is 3. The number of nitrogens with zero attached hydrogens (tertiary/aromatic N) is 1. The van der Waals surface area contributed by atoms with Crippen molar-refractivity contribution in [3.8, 4) is 0 Å². The first-order valence-corrected chi connectivity index (χ1v) is 8.87. The lowest BCUT2D eigenvalue weighted by Crippen LogP contribution is -2.34. The number of para-hydroxylation sites is 1. The molecule has 26 heavy (non-hydrogen) atoms. The summed E-state index contributed by atoms with van der Waals surface area (Å²) in [5.74, 6) is -0.735. The second-order valence-corrected chi connectivity index (χ2v) is 6.53. The van der Waals surface area contributed by atoms with Crippen LogP contribution in [0.5, 0.6) is 0 Å². The Morgan fingerprint density at radius 2 is 1.69 bits per heavy atom. The van der Waals surface area contributed by atoms with Crippen LogP contribution in [0.1, 0.15) is 18.9 Å². The van der Waals surface area contributed by atoms with Crippen molar-refractivity contribution < 1.29 is 14.0 Å². The van der Waals surface area contributed by atoms with Crippen molar-refractivity contribution in [1.29, 1.82) is 0 Å². The Kier molecular flexibility index (Phi) is 7.42. The van der Waals surface area contributed by atoms with Crippen molar-refractivity contribution in [1.82, 2.24) is 5.32 Å². The van der Waals surface area contributed by atoms with Crippen molar-refractivity contribution in [2.45, 2.75) is 19.8 Å². The van der Waals surface area contributed by atoms with Crippen LogP contribution in [0.15, 0.2) is 42.5 Å². The summed E-state index contributed by atoms with van der Waals surface area (Å²) in [4.78, 5) is 25.4. The normalized spacial score (nSPS) is 10.5. The molecule has 2 aromatic rings. The molecule has 0 unspecified atom stereocenters. The number of carbonyl (C=O) groups excluding carboxylic acids is 2. The summed E-state index contributed by atoms with van der Waals surface area (Å²) in [5.41, 5.74) is 1.34. The highest BCUT2D eigenvalue weighted by Crippen LogP contribution is 2.33. The predicted octanol–water partition coefficient (Wildman–Crippen LogP) is 4.23. The number of amides is 2. The Morgan fingerprint density at radius 3 is 2.27 bits per heavy atom. The number of nitrogens with one attached hydrogen (secondary N) is 1. The number of carbonyl (C=O) groups is 2. The predicted molar refractivity (Wildman–Crippen MR) is 102 cm³/mol. The van der Waals surface area contributed by atoms with E-state index in [0.29, 0.717) is 28.7 Å². The Balaban J connectivity index is 1.87. The maximum Gasteiger partial charge on any atom is 0.223 e. The molecule has 0 radical (unpaired) electrons. The third kappa shape index (κ3) is 5.71. The fourth-order valence-corrected chi connectivity index (χ4v) is 3.07. The first-order valence-electron chi connectivity index (χ1n) is 8.11. The fraction of sp³-hybridized carbons (Fsp3) is 0.263. The van der Waals surface area contributed by atoms with Crippen molar-refractivity contribution in [2.75, 3.05) is 18.0 Å². The van der Waals surface area contributed by atoms with Crippen molar-refractivity contribution in [3.63, 3.8) is 0 Å². The largest absolute Gasteiger partial charge is 0.356 e. The molecule has 2 aromatic carbocycles. The minimum absolute atomic E-state index is 0.116. The van der Waals surface area contributed by atoms with Gasteiger partial charge in [0.25, 0.3) is 0 Å². The van der Waals surface area contributed by atoms with E-state index in [1.807, 2.05) is 0 Å². The first-order chi connectivity index (χ1) is 12.4. The van der Waals surface area contributed by atoms with Gasteiger partial charge >= 0.3 is 0 Å². The van der Waals surface area contributed by atoms with Crippen molar-refractivity contribution >= 4 is 40.7 Å². The van der Waals surface area contributed by atoms with Gasteiger partial charge in [0.15, 0.2) is 0 Å². The molecule has 0 saturated carbocycles. The van der Waals surface area contributed by atoms with E-state index in [2.05, 4.69) is 5.32 Å². The van der Waals surface area contributed by atoms with Gasteiger partial charge in [0.05, 0.1) is 15.7 Å². The maximum atomic E-state index is 12.9. The molecule has 0 spiro atoms.